The van der Waals surface area contributed by atoms with Crippen LogP contribution >= 0.6 is 0 Å². The van der Waals surface area contributed by atoms with Crippen LogP contribution in [0.5, 0.6) is 0 Å². The van der Waals surface area contributed by atoms with Gasteiger partial charge in [-0.2, -0.15) is 0 Å². The lowest BCUT2D eigenvalue weighted by atomic mass is 9.79. The molecule has 2 N–H and O–H groups in total. The summed E-state index contributed by atoms with van der Waals surface area (Å²) in [6, 6.07) is 9.29. The van der Waals surface area contributed by atoms with Gasteiger partial charge in [-0.1, -0.05) is 26.0 Å². The summed E-state index contributed by atoms with van der Waals surface area (Å²) in [7, 11) is 0. The standard InChI is InChI=1S/C28H33FN4O3/c1-6-11-33-24-12-17(2)19(13-20(24)18(3)15-28(33,4)5)14-23-26(35)32(27(36)31-23)16-25(34)30-22-10-8-7-9-21(22)29/h7-10,12-14,18H,6,11,15-16H2,1-5H3,(H,30,34)(H,31,36)/b23-14+. The van der Waals surface area contributed by atoms with Gasteiger partial charge in [0, 0.05) is 17.8 Å². The molecule has 4 rings (SSSR count). The molecule has 0 aromatic heterocycles. The number of hydrogen-bond acceptors (Lipinski definition) is 4. The van der Waals surface area contributed by atoms with Crippen molar-refractivity contribution in [1.82, 2.24) is 10.2 Å². The van der Waals surface area contributed by atoms with Crippen molar-refractivity contribution < 1.29 is 18.8 Å². The maximum atomic E-state index is 13.8. The predicted molar refractivity (Wildman–Crippen MR) is 139 cm³/mol. The average Bonchev–Trinajstić information content (AvgIpc) is 3.06. The number of benzene rings is 2. The minimum Gasteiger partial charge on any atom is -0.366 e. The fraction of sp³-hybridized carbons (Fsp3) is 0.393. The number of carbonyl (C=O) groups excluding carboxylic acids is 3. The second-order valence-electron chi connectivity index (χ2n) is 10.2. The summed E-state index contributed by atoms with van der Waals surface area (Å²) in [5.41, 5.74) is 4.42. The van der Waals surface area contributed by atoms with Crippen LogP contribution in [0.4, 0.5) is 20.6 Å². The molecule has 2 heterocycles. The molecule has 7 nitrogen and oxygen atoms in total. The second kappa shape index (κ2) is 9.76. The molecule has 8 heteroatoms. The van der Waals surface area contributed by atoms with Gasteiger partial charge >= 0.3 is 6.03 Å². The monoisotopic (exact) mass is 492 g/mol. The Bertz CT molecular complexity index is 1250. The van der Waals surface area contributed by atoms with Crippen molar-refractivity contribution in [3.05, 3.63) is 64.6 Å². The number of halogens is 1. The number of anilines is 2. The van der Waals surface area contributed by atoms with Gasteiger partial charge in [0.2, 0.25) is 5.91 Å². The number of nitrogens with zero attached hydrogens (tertiary/aromatic N) is 2. The molecule has 2 aromatic rings. The van der Waals surface area contributed by atoms with Crippen molar-refractivity contribution in [2.24, 2.45) is 0 Å². The van der Waals surface area contributed by atoms with Gasteiger partial charge in [0.25, 0.3) is 5.91 Å². The number of aryl methyl sites for hydroxylation is 1. The summed E-state index contributed by atoms with van der Waals surface area (Å²) in [5, 5.41) is 4.98. The maximum Gasteiger partial charge on any atom is 0.329 e. The quantitative estimate of drug-likeness (QED) is 0.431. The number of carbonyl (C=O) groups is 3. The molecule has 36 heavy (non-hydrogen) atoms. The number of amides is 4. The number of rotatable bonds is 6. The van der Waals surface area contributed by atoms with Gasteiger partial charge in [0.05, 0.1) is 5.69 Å². The number of fused-ring (bicyclic) bond motifs is 1. The fourth-order valence-corrected chi connectivity index (χ4v) is 5.22. The zero-order valence-corrected chi connectivity index (χ0v) is 21.4. The first-order chi connectivity index (χ1) is 17.0. The molecule has 2 aromatic carbocycles. The summed E-state index contributed by atoms with van der Waals surface area (Å²) in [4.78, 5) is 41.1. The van der Waals surface area contributed by atoms with Crippen LogP contribution in [-0.4, -0.2) is 41.4 Å². The Balaban J connectivity index is 1.57. The van der Waals surface area contributed by atoms with Gasteiger partial charge in [-0.15, -0.1) is 0 Å². The van der Waals surface area contributed by atoms with Crippen molar-refractivity contribution >= 4 is 35.3 Å². The van der Waals surface area contributed by atoms with E-state index in [9.17, 15) is 18.8 Å². The van der Waals surface area contributed by atoms with E-state index in [2.05, 4.69) is 55.4 Å². The van der Waals surface area contributed by atoms with E-state index in [0.29, 0.717) is 5.92 Å². The van der Waals surface area contributed by atoms with Crippen LogP contribution in [0.15, 0.2) is 42.1 Å². The third kappa shape index (κ3) is 4.85. The Morgan fingerprint density at radius 2 is 1.97 bits per heavy atom. The first kappa shape index (κ1) is 25.4. The summed E-state index contributed by atoms with van der Waals surface area (Å²) >= 11 is 0. The summed E-state index contributed by atoms with van der Waals surface area (Å²) < 4.78 is 13.8. The topological polar surface area (TPSA) is 81.8 Å². The summed E-state index contributed by atoms with van der Waals surface area (Å²) in [6.45, 7) is 11.4. The van der Waals surface area contributed by atoms with Gasteiger partial charge in [-0.25, -0.2) is 14.1 Å². The van der Waals surface area contributed by atoms with E-state index in [1.165, 1.54) is 29.4 Å². The van der Waals surface area contributed by atoms with E-state index in [4.69, 9.17) is 0 Å². The number of nitrogens with one attached hydrogen (secondary N) is 2. The van der Waals surface area contributed by atoms with Crippen molar-refractivity contribution in [3.8, 4) is 0 Å². The molecule has 0 radical (unpaired) electrons. The third-order valence-corrected chi connectivity index (χ3v) is 6.93. The van der Waals surface area contributed by atoms with E-state index in [1.54, 1.807) is 12.1 Å². The molecule has 190 valence electrons. The van der Waals surface area contributed by atoms with E-state index in [-0.39, 0.29) is 16.9 Å². The zero-order chi connectivity index (χ0) is 26.2. The normalized spacial score (nSPS) is 19.9. The summed E-state index contributed by atoms with van der Waals surface area (Å²) in [6.07, 6.45) is 3.73. The van der Waals surface area contributed by atoms with Gasteiger partial charge in [0.1, 0.15) is 18.1 Å². The molecule has 1 saturated heterocycles. The van der Waals surface area contributed by atoms with Crippen LogP contribution < -0.4 is 15.5 Å². The van der Waals surface area contributed by atoms with Crippen molar-refractivity contribution in [2.45, 2.75) is 58.9 Å². The molecule has 0 aliphatic carbocycles. The Labute approximate surface area is 211 Å². The Morgan fingerprint density at radius 3 is 2.67 bits per heavy atom. The first-order valence-electron chi connectivity index (χ1n) is 12.3. The zero-order valence-electron chi connectivity index (χ0n) is 21.4. The number of imide groups is 1. The highest BCUT2D eigenvalue weighted by atomic mass is 19.1. The highest BCUT2D eigenvalue weighted by molar-refractivity contribution is 6.16. The van der Waals surface area contributed by atoms with Crippen LogP contribution in [-0.2, 0) is 9.59 Å². The smallest absolute Gasteiger partial charge is 0.329 e. The molecule has 0 bridgehead atoms. The Morgan fingerprint density at radius 1 is 1.25 bits per heavy atom. The molecule has 1 fully saturated rings. The lowest BCUT2D eigenvalue weighted by Crippen LogP contribution is -2.48. The molecular formula is C28H33FN4O3. The van der Waals surface area contributed by atoms with Crippen molar-refractivity contribution in [2.75, 3.05) is 23.3 Å². The Kier molecular flexibility index (Phi) is 6.89. The fourth-order valence-electron chi connectivity index (χ4n) is 5.22. The first-order valence-corrected chi connectivity index (χ1v) is 12.3. The predicted octanol–water partition coefficient (Wildman–Crippen LogP) is 5.17. The minimum atomic E-state index is -0.685. The maximum absolute atomic E-state index is 13.8. The number of urea groups is 1. The molecular weight excluding hydrogens is 459 g/mol. The molecule has 4 amide bonds. The highest BCUT2D eigenvalue weighted by Gasteiger charge is 2.37. The second-order valence-corrected chi connectivity index (χ2v) is 10.2. The van der Waals surface area contributed by atoms with Gasteiger partial charge in [-0.3, -0.25) is 9.59 Å². The van der Waals surface area contributed by atoms with E-state index < -0.39 is 30.2 Å². The van der Waals surface area contributed by atoms with Gasteiger partial charge in [0.15, 0.2) is 0 Å². The van der Waals surface area contributed by atoms with Crippen LogP contribution in [0.3, 0.4) is 0 Å². The lowest BCUT2D eigenvalue weighted by Gasteiger charge is -2.48. The average molecular weight is 493 g/mol. The van der Waals surface area contributed by atoms with Gasteiger partial charge < -0.3 is 15.5 Å². The minimum absolute atomic E-state index is 0.00980. The Hall–Kier alpha value is -3.68. The number of para-hydroxylation sites is 1. The van der Waals surface area contributed by atoms with Gasteiger partial charge in [-0.05, 0) is 86.6 Å². The SMILES string of the molecule is CCCN1c2cc(C)c(/C=C3/NC(=O)N(CC(=O)Nc4ccccc4F)C3=O)cc2C(C)CC1(C)C. The van der Waals surface area contributed by atoms with Crippen LogP contribution in [0.2, 0.25) is 0 Å². The van der Waals surface area contributed by atoms with Crippen LogP contribution in [0.1, 0.15) is 63.1 Å². The number of hydrogen-bond donors (Lipinski definition) is 2. The van der Waals surface area contributed by atoms with Crippen LogP contribution in [0.25, 0.3) is 6.08 Å². The molecule has 1 atom stereocenters. The highest BCUT2D eigenvalue weighted by Crippen LogP contribution is 2.44. The van der Waals surface area contributed by atoms with E-state index >= 15 is 0 Å². The van der Waals surface area contributed by atoms with Crippen molar-refractivity contribution in [3.63, 3.8) is 0 Å². The van der Waals surface area contributed by atoms with E-state index in [1.807, 2.05) is 6.92 Å². The molecule has 1 unspecified atom stereocenters. The molecule has 2 aliphatic heterocycles. The summed E-state index contributed by atoms with van der Waals surface area (Å²) in [5.74, 6) is -1.51. The van der Waals surface area contributed by atoms with E-state index in [0.717, 1.165) is 35.4 Å². The molecule has 0 spiro atoms. The molecule has 0 saturated carbocycles. The largest absolute Gasteiger partial charge is 0.366 e. The lowest BCUT2D eigenvalue weighted by molar-refractivity contribution is -0.127. The van der Waals surface area contributed by atoms with Crippen molar-refractivity contribution in [1.29, 1.82) is 0 Å². The van der Waals surface area contributed by atoms with Crippen LogP contribution in [0, 0.1) is 12.7 Å². The molecule has 2 aliphatic rings. The third-order valence-electron chi connectivity index (χ3n) is 6.93.